The second-order valence-electron chi connectivity index (χ2n) is 4.39. The first-order valence-corrected chi connectivity index (χ1v) is 8.99. The van der Waals surface area contributed by atoms with Gasteiger partial charge in [0.25, 0.3) is 9.05 Å². The van der Waals surface area contributed by atoms with Gasteiger partial charge in [0.2, 0.25) is 0 Å². The van der Waals surface area contributed by atoms with Gasteiger partial charge in [-0.1, -0.05) is 6.07 Å². The summed E-state index contributed by atoms with van der Waals surface area (Å²) < 4.78 is 41.5. The Morgan fingerprint density at radius 3 is 2.52 bits per heavy atom. The normalized spacial score (nSPS) is 11.4. The first-order chi connectivity index (χ1) is 9.77. The zero-order valence-corrected chi connectivity index (χ0v) is 14.1. The van der Waals surface area contributed by atoms with Gasteiger partial charge < -0.3 is 4.74 Å². The first kappa shape index (κ1) is 16.3. The third-order valence-corrected chi connectivity index (χ3v) is 4.84. The fourth-order valence-electron chi connectivity index (χ4n) is 1.73. The van der Waals surface area contributed by atoms with Crippen LogP contribution in [0.4, 0.5) is 4.39 Å². The van der Waals surface area contributed by atoms with Crippen LogP contribution in [0.5, 0.6) is 5.75 Å². The molecule has 0 unspecified atom stereocenters. The third kappa shape index (κ3) is 4.18. The molecule has 2 aromatic carbocycles. The molecule has 0 N–H and O–H groups in total. The molecule has 7 heteroatoms. The van der Waals surface area contributed by atoms with Crippen LogP contribution in [-0.4, -0.2) is 8.42 Å². The molecule has 0 spiro atoms. The summed E-state index contributed by atoms with van der Waals surface area (Å²) >= 11 is 3.24. The van der Waals surface area contributed by atoms with Crippen molar-refractivity contribution >= 4 is 35.7 Å². The number of benzene rings is 2. The van der Waals surface area contributed by atoms with E-state index in [4.69, 9.17) is 15.4 Å². The highest BCUT2D eigenvalue weighted by Crippen LogP contribution is 2.30. The van der Waals surface area contributed by atoms with E-state index in [0.717, 1.165) is 11.1 Å². The van der Waals surface area contributed by atoms with Crippen LogP contribution in [-0.2, 0) is 15.7 Å². The number of rotatable bonds is 4. The van der Waals surface area contributed by atoms with Gasteiger partial charge in [-0.15, -0.1) is 0 Å². The van der Waals surface area contributed by atoms with Crippen molar-refractivity contribution in [2.24, 2.45) is 0 Å². The molecule has 0 aliphatic rings. The van der Waals surface area contributed by atoms with Crippen molar-refractivity contribution in [3.63, 3.8) is 0 Å². The Bertz CT molecular complexity index is 778. The van der Waals surface area contributed by atoms with E-state index in [1.54, 1.807) is 13.0 Å². The molecule has 0 aliphatic carbocycles. The van der Waals surface area contributed by atoms with Crippen LogP contribution < -0.4 is 4.74 Å². The molecule has 0 aliphatic heterocycles. The molecule has 0 radical (unpaired) electrons. The van der Waals surface area contributed by atoms with Gasteiger partial charge in [-0.2, -0.15) is 0 Å². The number of aryl methyl sites for hydroxylation is 1. The monoisotopic (exact) mass is 392 g/mol. The average Bonchev–Trinajstić information content (AvgIpc) is 2.38. The fourth-order valence-corrected chi connectivity index (χ4v) is 3.15. The Balaban J connectivity index is 2.17. The zero-order chi connectivity index (χ0) is 15.6. The summed E-state index contributed by atoms with van der Waals surface area (Å²) in [4.78, 5) is -0.0126. The summed E-state index contributed by atoms with van der Waals surface area (Å²) in [6.07, 6.45) is 0. The molecule has 0 saturated heterocycles. The fraction of sp³-hybridized carbons (Fsp3) is 0.143. The Morgan fingerprint density at radius 1 is 1.24 bits per heavy atom. The Morgan fingerprint density at radius 2 is 1.95 bits per heavy atom. The van der Waals surface area contributed by atoms with Crippen LogP contribution in [0.3, 0.4) is 0 Å². The van der Waals surface area contributed by atoms with Crippen LogP contribution in [0, 0.1) is 12.7 Å². The molecular weight excluding hydrogens is 383 g/mol. The second kappa shape index (κ2) is 6.34. The molecule has 0 bridgehead atoms. The standard InChI is InChI=1S/C14H11BrClFO3S/c1-9-6-11(17)3-2-10(9)8-20-14-5-4-12(7-13(14)15)21(16,18)19/h2-7H,8H2,1H3. The van der Waals surface area contributed by atoms with Crippen molar-refractivity contribution in [2.75, 3.05) is 0 Å². The van der Waals surface area contributed by atoms with Gasteiger partial charge in [0, 0.05) is 10.7 Å². The highest BCUT2D eigenvalue weighted by molar-refractivity contribution is 9.10. The molecule has 21 heavy (non-hydrogen) atoms. The average molecular weight is 394 g/mol. The molecule has 0 aromatic heterocycles. The van der Waals surface area contributed by atoms with Crippen LogP contribution in [0.1, 0.15) is 11.1 Å². The Labute approximate surface area is 135 Å². The second-order valence-corrected chi connectivity index (χ2v) is 7.81. The highest BCUT2D eigenvalue weighted by atomic mass is 79.9. The topological polar surface area (TPSA) is 43.4 Å². The summed E-state index contributed by atoms with van der Waals surface area (Å²) in [5, 5.41) is 0. The van der Waals surface area contributed by atoms with Gasteiger partial charge in [0.05, 0.1) is 9.37 Å². The van der Waals surface area contributed by atoms with Crippen molar-refractivity contribution in [3.05, 3.63) is 57.8 Å². The van der Waals surface area contributed by atoms with Crippen molar-refractivity contribution in [3.8, 4) is 5.75 Å². The number of halogens is 3. The predicted octanol–water partition coefficient (Wildman–Crippen LogP) is 4.40. The van der Waals surface area contributed by atoms with E-state index in [1.807, 2.05) is 0 Å². The molecule has 2 rings (SSSR count). The van der Waals surface area contributed by atoms with Gasteiger partial charge >= 0.3 is 0 Å². The van der Waals surface area contributed by atoms with E-state index >= 15 is 0 Å². The van der Waals surface area contributed by atoms with E-state index in [-0.39, 0.29) is 17.3 Å². The Hall–Kier alpha value is -1.11. The van der Waals surface area contributed by atoms with E-state index in [1.165, 1.54) is 30.3 Å². The van der Waals surface area contributed by atoms with Gasteiger partial charge in [0.15, 0.2) is 0 Å². The quantitative estimate of drug-likeness (QED) is 0.723. The molecule has 0 fully saturated rings. The minimum atomic E-state index is -3.78. The molecule has 0 saturated carbocycles. The largest absolute Gasteiger partial charge is 0.488 e. The SMILES string of the molecule is Cc1cc(F)ccc1COc1ccc(S(=O)(=O)Cl)cc1Br. The molecule has 0 atom stereocenters. The smallest absolute Gasteiger partial charge is 0.261 e. The summed E-state index contributed by atoms with van der Waals surface area (Å²) in [5.41, 5.74) is 1.63. The van der Waals surface area contributed by atoms with Crippen LogP contribution >= 0.6 is 26.6 Å². The minimum absolute atomic E-state index is 0.0126. The van der Waals surface area contributed by atoms with Gasteiger partial charge in [0.1, 0.15) is 18.2 Å². The lowest BCUT2D eigenvalue weighted by Gasteiger charge is -2.11. The lowest BCUT2D eigenvalue weighted by Crippen LogP contribution is -1.99. The third-order valence-electron chi connectivity index (χ3n) is 2.87. The predicted molar refractivity (Wildman–Crippen MR) is 82.6 cm³/mol. The summed E-state index contributed by atoms with van der Waals surface area (Å²) in [5.74, 6) is 0.178. The summed E-state index contributed by atoms with van der Waals surface area (Å²) in [7, 11) is 1.49. The van der Waals surface area contributed by atoms with E-state index in [0.29, 0.717) is 10.2 Å². The van der Waals surface area contributed by atoms with Crippen molar-refractivity contribution in [1.29, 1.82) is 0 Å². The van der Waals surface area contributed by atoms with Gasteiger partial charge in [-0.25, -0.2) is 12.8 Å². The molecule has 3 nitrogen and oxygen atoms in total. The number of ether oxygens (including phenoxy) is 1. The van der Waals surface area contributed by atoms with Crippen molar-refractivity contribution in [1.82, 2.24) is 0 Å². The minimum Gasteiger partial charge on any atom is -0.488 e. The van der Waals surface area contributed by atoms with Gasteiger partial charge in [-0.05, 0) is 64.3 Å². The summed E-state index contributed by atoms with van der Waals surface area (Å²) in [6, 6.07) is 8.68. The van der Waals surface area contributed by atoms with Crippen molar-refractivity contribution < 1.29 is 17.5 Å². The van der Waals surface area contributed by atoms with E-state index < -0.39 is 9.05 Å². The number of hydrogen-bond acceptors (Lipinski definition) is 3. The lowest BCUT2D eigenvalue weighted by atomic mass is 10.1. The maximum absolute atomic E-state index is 13.0. The Kier molecular flexibility index (Phi) is 4.91. The molecule has 0 heterocycles. The van der Waals surface area contributed by atoms with Gasteiger partial charge in [-0.3, -0.25) is 0 Å². The molecule has 2 aromatic rings. The summed E-state index contributed by atoms with van der Waals surface area (Å²) in [6.45, 7) is 2.04. The lowest BCUT2D eigenvalue weighted by molar-refractivity contribution is 0.303. The highest BCUT2D eigenvalue weighted by Gasteiger charge is 2.13. The molecule has 0 amide bonds. The maximum atomic E-state index is 13.0. The molecule has 112 valence electrons. The van der Waals surface area contributed by atoms with E-state index in [9.17, 15) is 12.8 Å². The zero-order valence-electron chi connectivity index (χ0n) is 10.9. The maximum Gasteiger partial charge on any atom is 0.261 e. The number of hydrogen-bond donors (Lipinski definition) is 0. The molecular formula is C14H11BrClFO3S. The van der Waals surface area contributed by atoms with E-state index in [2.05, 4.69) is 15.9 Å². The van der Waals surface area contributed by atoms with Crippen LogP contribution in [0.2, 0.25) is 0 Å². The van der Waals surface area contributed by atoms with Crippen LogP contribution in [0.25, 0.3) is 0 Å². The van der Waals surface area contributed by atoms with Crippen LogP contribution in [0.15, 0.2) is 45.8 Å². The first-order valence-electron chi connectivity index (χ1n) is 5.89. The van der Waals surface area contributed by atoms with Crippen molar-refractivity contribution in [2.45, 2.75) is 18.4 Å².